The highest BCUT2D eigenvalue weighted by Gasteiger charge is 2.42. The van der Waals surface area contributed by atoms with Gasteiger partial charge in [-0.3, -0.25) is 9.78 Å². The number of ether oxygens (including phenoxy) is 1. The minimum absolute atomic E-state index is 0.00494. The van der Waals surface area contributed by atoms with E-state index in [0.717, 1.165) is 39.7 Å². The van der Waals surface area contributed by atoms with Crippen LogP contribution in [0.25, 0.3) is 5.69 Å². The van der Waals surface area contributed by atoms with Gasteiger partial charge in [0.25, 0.3) is 0 Å². The molecule has 1 fully saturated rings. The highest BCUT2D eigenvalue weighted by atomic mass is 32.1. The van der Waals surface area contributed by atoms with E-state index in [0.29, 0.717) is 5.11 Å². The number of methoxy groups -OCH3 is 1. The fraction of sp³-hybridized carbons (Fsp3) is 0.207. The van der Waals surface area contributed by atoms with Crippen LogP contribution in [0.2, 0.25) is 0 Å². The Morgan fingerprint density at radius 2 is 1.81 bits per heavy atom. The van der Waals surface area contributed by atoms with E-state index in [1.807, 2.05) is 67.7 Å². The number of aromatic nitrogens is 2. The molecule has 0 unspecified atom stereocenters. The molecule has 0 aliphatic carbocycles. The Labute approximate surface area is 222 Å². The number of hydrogen-bond donors (Lipinski definition) is 2. The summed E-state index contributed by atoms with van der Waals surface area (Å²) in [4.78, 5) is 18.9. The first-order valence-electron chi connectivity index (χ1n) is 12.1. The molecule has 3 heterocycles. The second kappa shape index (κ2) is 10.5. The SMILES string of the molecule is COCC(=O)Nc1ccc(N2C(=S)N[C@H](c3ccccn3)[C@@H]2c2ccc(C)n2-c2ccccc2)cc1C. The maximum absolute atomic E-state index is 12.1. The monoisotopic (exact) mass is 511 g/mol. The lowest BCUT2D eigenvalue weighted by Crippen LogP contribution is -2.30. The van der Waals surface area contributed by atoms with Crippen molar-refractivity contribution >= 4 is 34.6 Å². The molecule has 1 saturated heterocycles. The lowest BCUT2D eigenvalue weighted by Gasteiger charge is -2.30. The molecule has 0 spiro atoms. The number of para-hydroxylation sites is 1. The zero-order chi connectivity index (χ0) is 25.9. The van der Waals surface area contributed by atoms with Gasteiger partial charge in [0, 0.05) is 41.8 Å². The number of aryl methyl sites for hydroxylation is 2. The van der Waals surface area contributed by atoms with E-state index in [-0.39, 0.29) is 24.6 Å². The minimum atomic E-state index is -0.194. The summed E-state index contributed by atoms with van der Waals surface area (Å²) in [5.74, 6) is -0.194. The van der Waals surface area contributed by atoms with Gasteiger partial charge in [0.2, 0.25) is 5.91 Å². The van der Waals surface area contributed by atoms with Crippen LogP contribution in [-0.4, -0.2) is 34.3 Å². The largest absolute Gasteiger partial charge is 0.375 e. The molecule has 37 heavy (non-hydrogen) atoms. The van der Waals surface area contributed by atoms with Gasteiger partial charge in [-0.1, -0.05) is 24.3 Å². The van der Waals surface area contributed by atoms with Gasteiger partial charge < -0.3 is 24.8 Å². The van der Waals surface area contributed by atoms with Gasteiger partial charge in [0.05, 0.1) is 11.7 Å². The first-order valence-corrected chi connectivity index (χ1v) is 12.5. The van der Waals surface area contributed by atoms with Crippen LogP contribution in [-0.2, 0) is 9.53 Å². The Bertz CT molecular complexity index is 1420. The Hall–Kier alpha value is -4.01. The third kappa shape index (κ3) is 4.85. The quantitative estimate of drug-likeness (QED) is 0.330. The molecule has 0 bridgehead atoms. The average Bonchev–Trinajstić information content (AvgIpc) is 3.45. The van der Waals surface area contributed by atoms with E-state index in [1.165, 1.54) is 7.11 Å². The maximum Gasteiger partial charge on any atom is 0.250 e. The second-order valence-corrected chi connectivity index (χ2v) is 9.43. The summed E-state index contributed by atoms with van der Waals surface area (Å²) < 4.78 is 7.22. The van der Waals surface area contributed by atoms with Gasteiger partial charge in [-0.25, -0.2) is 0 Å². The van der Waals surface area contributed by atoms with Crippen molar-refractivity contribution in [3.05, 3.63) is 108 Å². The molecule has 1 aliphatic rings. The number of amides is 1. The standard InChI is InChI=1S/C29H29N5O2S/c1-19-17-22(13-14-23(19)31-26(35)18-36-3)34-28(27(32-29(34)37)24-11-7-8-16-30-24)25-15-12-20(2)33(25)21-9-5-4-6-10-21/h4-17,27-28H,18H2,1-3H3,(H,31,35)(H,32,37)/t27-,28+/m1/s1. The smallest absolute Gasteiger partial charge is 0.250 e. The molecule has 8 heteroatoms. The molecule has 7 nitrogen and oxygen atoms in total. The molecule has 1 aliphatic heterocycles. The number of rotatable bonds is 7. The number of anilines is 2. The Morgan fingerprint density at radius 1 is 1.03 bits per heavy atom. The molecule has 0 radical (unpaired) electrons. The molecule has 2 N–H and O–H groups in total. The maximum atomic E-state index is 12.1. The van der Waals surface area contributed by atoms with Crippen molar-refractivity contribution in [1.29, 1.82) is 0 Å². The Kier molecular flexibility index (Phi) is 7.03. The summed E-state index contributed by atoms with van der Waals surface area (Å²) in [5, 5.41) is 7.06. The molecule has 4 aromatic rings. The lowest BCUT2D eigenvalue weighted by molar-refractivity contribution is -0.119. The fourth-order valence-corrected chi connectivity index (χ4v) is 5.25. The summed E-state index contributed by atoms with van der Waals surface area (Å²) in [6, 6.07) is 26.2. The summed E-state index contributed by atoms with van der Waals surface area (Å²) in [7, 11) is 1.50. The van der Waals surface area contributed by atoms with E-state index < -0.39 is 0 Å². The van der Waals surface area contributed by atoms with Crippen molar-refractivity contribution < 1.29 is 9.53 Å². The highest BCUT2D eigenvalue weighted by Crippen LogP contribution is 2.43. The summed E-state index contributed by atoms with van der Waals surface area (Å²) in [5.41, 5.74) is 6.83. The second-order valence-electron chi connectivity index (χ2n) is 9.05. The number of benzene rings is 2. The number of carbonyl (C=O) groups is 1. The van der Waals surface area contributed by atoms with E-state index in [2.05, 4.69) is 56.3 Å². The first-order chi connectivity index (χ1) is 18.0. The number of nitrogens with one attached hydrogen (secondary N) is 2. The zero-order valence-corrected chi connectivity index (χ0v) is 21.8. The minimum Gasteiger partial charge on any atom is -0.375 e. The molecule has 188 valence electrons. The van der Waals surface area contributed by atoms with E-state index in [1.54, 1.807) is 0 Å². The molecular weight excluding hydrogens is 482 g/mol. The highest BCUT2D eigenvalue weighted by molar-refractivity contribution is 7.80. The summed E-state index contributed by atoms with van der Waals surface area (Å²) in [6.07, 6.45) is 1.81. The van der Waals surface area contributed by atoms with Gasteiger partial charge in [0.1, 0.15) is 12.6 Å². The van der Waals surface area contributed by atoms with Gasteiger partial charge in [-0.15, -0.1) is 0 Å². The molecule has 2 aromatic carbocycles. The van der Waals surface area contributed by atoms with Crippen LogP contribution in [0.15, 0.2) is 85.1 Å². The Morgan fingerprint density at radius 3 is 2.51 bits per heavy atom. The van der Waals surface area contributed by atoms with Crippen molar-refractivity contribution in [1.82, 2.24) is 14.9 Å². The van der Waals surface area contributed by atoms with Gasteiger partial charge in [-0.2, -0.15) is 0 Å². The van der Waals surface area contributed by atoms with Gasteiger partial charge in [0.15, 0.2) is 5.11 Å². The van der Waals surface area contributed by atoms with Gasteiger partial charge >= 0.3 is 0 Å². The number of pyridine rings is 1. The van der Waals surface area contributed by atoms with Crippen molar-refractivity contribution in [3.63, 3.8) is 0 Å². The molecule has 2 aromatic heterocycles. The van der Waals surface area contributed by atoms with Crippen LogP contribution in [0.1, 0.15) is 34.7 Å². The Balaban J connectivity index is 1.61. The normalized spacial score (nSPS) is 17.1. The number of thiocarbonyl (C=S) groups is 1. The predicted octanol–water partition coefficient (Wildman–Crippen LogP) is 5.25. The fourth-order valence-electron chi connectivity index (χ4n) is 4.91. The van der Waals surface area contributed by atoms with Crippen molar-refractivity contribution in [2.45, 2.75) is 25.9 Å². The third-order valence-electron chi connectivity index (χ3n) is 6.56. The average molecular weight is 512 g/mol. The van der Waals surface area contributed by atoms with Crippen molar-refractivity contribution in [3.8, 4) is 5.69 Å². The van der Waals surface area contributed by atoms with E-state index in [4.69, 9.17) is 17.0 Å². The predicted molar refractivity (Wildman–Crippen MR) is 150 cm³/mol. The molecule has 0 saturated carbocycles. The molecule has 5 rings (SSSR count). The third-order valence-corrected chi connectivity index (χ3v) is 6.87. The van der Waals surface area contributed by atoms with Crippen molar-refractivity contribution in [2.75, 3.05) is 23.9 Å². The van der Waals surface area contributed by atoms with E-state index in [9.17, 15) is 4.79 Å². The van der Waals surface area contributed by atoms with Crippen LogP contribution < -0.4 is 15.5 Å². The van der Waals surface area contributed by atoms with Crippen molar-refractivity contribution in [2.24, 2.45) is 0 Å². The lowest BCUT2D eigenvalue weighted by atomic mass is 10.00. The van der Waals surface area contributed by atoms with Crippen LogP contribution in [0.3, 0.4) is 0 Å². The van der Waals surface area contributed by atoms with Crippen LogP contribution in [0.4, 0.5) is 11.4 Å². The zero-order valence-electron chi connectivity index (χ0n) is 21.0. The first kappa shape index (κ1) is 24.7. The number of nitrogens with zero attached hydrogens (tertiary/aromatic N) is 3. The summed E-state index contributed by atoms with van der Waals surface area (Å²) in [6.45, 7) is 4.09. The van der Waals surface area contributed by atoms with E-state index >= 15 is 0 Å². The molecule has 1 amide bonds. The number of hydrogen-bond acceptors (Lipinski definition) is 4. The topological polar surface area (TPSA) is 71.4 Å². The van der Waals surface area contributed by atoms with Crippen LogP contribution in [0.5, 0.6) is 0 Å². The van der Waals surface area contributed by atoms with Crippen LogP contribution in [0, 0.1) is 13.8 Å². The molecule has 2 atom stereocenters. The summed E-state index contributed by atoms with van der Waals surface area (Å²) >= 11 is 5.92. The number of carbonyl (C=O) groups excluding carboxylic acids is 1. The van der Waals surface area contributed by atoms with Crippen LogP contribution >= 0.6 is 12.2 Å². The molecular formula is C29H29N5O2S. The van der Waals surface area contributed by atoms with Gasteiger partial charge in [-0.05, 0) is 86.2 Å².